The van der Waals surface area contributed by atoms with Crippen LogP contribution in [0.3, 0.4) is 0 Å². The molecule has 1 aromatic carbocycles. The molecule has 0 aromatic heterocycles. The van der Waals surface area contributed by atoms with Gasteiger partial charge in [-0.05, 0) is 42.0 Å². The molecule has 0 bridgehead atoms. The SMILES string of the molecule is C=C(Cl)COC(=O)C1=C(CS(=O)(=O)c2ccc(C(C)(C)C)cc2)C[C@H]2[C@H]([C@@H](C)O)C(=O)N12. The molecule has 1 N–H and O–H groups in total. The van der Waals surface area contributed by atoms with Gasteiger partial charge in [-0.25, -0.2) is 13.2 Å². The number of aliphatic hydroxyl groups excluding tert-OH is 1. The van der Waals surface area contributed by atoms with E-state index in [0.29, 0.717) is 0 Å². The van der Waals surface area contributed by atoms with Gasteiger partial charge in [0.25, 0.3) is 0 Å². The normalized spacial score (nSPS) is 21.8. The van der Waals surface area contributed by atoms with E-state index in [0.717, 1.165) is 5.56 Å². The van der Waals surface area contributed by atoms with Gasteiger partial charge in [0, 0.05) is 5.03 Å². The first-order valence-electron chi connectivity index (χ1n) is 10.3. The van der Waals surface area contributed by atoms with Gasteiger partial charge in [-0.2, -0.15) is 0 Å². The molecule has 1 saturated heterocycles. The second-order valence-electron chi connectivity index (χ2n) is 9.33. The fourth-order valence-electron chi connectivity index (χ4n) is 4.17. The van der Waals surface area contributed by atoms with Crippen LogP contribution in [0.2, 0.25) is 0 Å². The highest BCUT2D eigenvalue weighted by atomic mass is 35.5. The molecule has 0 unspecified atom stereocenters. The summed E-state index contributed by atoms with van der Waals surface area (Å²) in [5, 5.41) is 10.0. The molecule has 9 heteroatoms. The van der Waals surface area contributed by atoms with Crippen LogP contribution in [-0.2, 0) is 29.6 Å². The zero-order chi connectivity index (χ0) is 24.0. The number of halogens is 1. The number of β-lactam (4-membered cyclic amide) rings is 1. The zero-order valence-corrected chi connectivity index (χ0v) is 20.2. The molecule has 0 spiro atoms. The molecule has 2 aliphatic heterocycles. The lowest BCUT2D eigenvalue weighted by atomic mass is 9.83. The number of hydrogen-bond donors (Lipinski definition) is 1. The predicted octanol–water partition coefficient (Wildman–Crippen LogP) is 2.92. The topological polar surface area (TPSA) is 101 Å². The van der Waals surface area contributed by atoms with E-state index >= 15 is 0 Å². The first-order chi connectivity index (χ1) is 14.7. The highest BCUT2D eigenvalue weighted by Crippen LogP contribution is 2.44. The summed E-state index contributed by atoms with van der Waals surface area (Å²) in [4.78, 5) is 26.7. The summed E-state index contributed by atoms with van der Waals surface area (Å²) < 4.78 is 31.4. The van der Waals surface area contributed by atoms with Crippen LogP contribution in [0.25, 0.3) is 0 Å². The van der Waals surface area contributed by atoms with Gasteiger partial charge < -0.3 is 14.7 Å². The van der Waals surface area contributed by atoms with Gasteiger partial charge in [-0.1, -0.05) is 51.1 Å². The van der Waals surface area contributed by atoms with Crippen LogP contribution >= 0.6 is 11.6 Å². The quantitative estimate of drug-likeness (QED) is 0.474. The van der Waals surface area contributed by atoms with Gasteiger partial charge in [-0.15, -0.1) is 0 Å². The van der Waals surface area contributed by atoms with Crippen molar-refractivity contribution in [2.75, 3.05) is 12.4 Å². The fraction of sp³-hybridized carbons (Fsp3) is 0.478. The van der Waals surface area contributed by atoms with Crippen molar-refractivity contribution in [1.29, 1.82) is 0 Å². The van der Waals surface area contributed by atoms with Crippen LogP contribution in [0.15, 0.2) is 52.0 Å². The third kappa shape index (κ3) is 4.63. The number of sulfone groups is 1. The first kappa shape index (κ1) is 24.5. The van der Waals surface area contributed by atoms with Gasteiger partial charge >= 0.3 is 5.97 Å². The van der Waals surface area contributed by atoms with Gasteiger partial charge in [0.05, 0.1) is 28.7 Å². The molecule has 0 radical (unpaired) electrons. The zero-order valence-electron chi connectivity index (χ0n) is 18.6. The van der Waals surface area contributed by atoms with Crippen molar-refractivity contribution in [2.24, 2.45) is 5.92 Å². The van der Waals surface area contributed by atoms with Crippen molar-refractivity contribution in [3.05, 3.63) is 52.7 Å². The Labute approximate surface area is 193 Å². The second kappa shape index (κ2) is 8.65. The first-order valence-corrected chi connectivity index (χ1v) is 12.3. The molecule has 32 heavy (non-hydrogen) atoms. The van der Waals surface area contributed by atoms with Crippen molar-refractivity contribution in [2.45, 2.75) is 56.6 Å². The minimum atomic E-state index is -3.79. The molecular weight excluding hydrogens is 454 g/mol. The van der Waals surface area contributed by atoms with Gasteiger partial charge in [0.1, 0.15) is 12.3 Å². The lowest BCUT2D eigenvalue weighted by Gasteiger charge is -2.44. The maximum Gasteiger partial charge on any atom is 0.355 e. The van der Waals surface area contributed by atoms with Crippen molar-refractivity contribution in [1.82, 2.24) is 4.90 Å². The van der Waals surface area contributed by atoms with Gasteiger partial charge in [0.15, 0.2) is 9.84 Å². The molecule has 1 aromatic rings. The highest BCUT2D eigenvalue weighted by Gasteiger charge is 2.57. The molecule has 3 rings (SSSR count). The number of nitrogens with zero attached hydrogens (tertiary/aromatic N) is 1. The number of carbonyl (C=O) groups is 2. The number of fused-ring (bicyclic) bond motifs is 1. The van der Waals surface area contributed by atoms with Crippen LogP contribution in [0.4, 0.5) is 0 Å². The summed E-state index contributed by atoms with van der Waals surface area (Å²) >= 11 is 5.67. The number of esters is 1. The second-order valence-corrected chi connectivity index (χ2v) is 11.8. The highest BCUT2D eigenvalue weighted by molar-refractivity contribution is 7.91. The van der Waals surface area contributed by atoms with Crippen molar-refractivity contribution >= 4 is 33.3 Å². The maximum absolute atomic E-state index is 13.1. The molecule has 2 aliphatic rings. The summed E-state index contributed by atoms with van der Waals surface area (Å²) in [5.74, 6) is -2.38. The molecule has 0 saturated carbocycles. The molecule has 3 atom stereocenters. The molecular formula is C23H28ClNO6S. The Kier molecular flexibility index (Phi) is 6.62. The third-order valence-electron chi connectivity index (χ3n) is 5.82. The van der Waals surface area contributed by atoms with Crippen LogP contribution < -0.4 is 0 Å². The number of amides is 1. The van der Waals surface area contributed by atoms with E-state index in [9.17, 15) is 23.1 Å². The molecule has 7 nitrogen and oxygen atoms in total. The van der Waals surface area contributed by atoms with Crippen LogP contribution in [-0.4, -0.2) is 54.8 Å². The molecule has 1 amide bonds. The number of benzene rings is 1. The van der Waals surface area contributed by atoms with E-state index in [1.807, 2.05) is 20.8 Å². The number of ether oxygens (including phenoxy) is 1. The predicted molar refractivity (Wildman–Crippen MR) is 121 cm³/mol. The smallest absolute Gasteiger partial charge is 0.355 e. The molecule has 0 aliphatic carbocycles. The van der Waals surface area contributed by atoms with Crippen molar-refractivity contribution in [3.8, 4) is 0 Å². The van der Waals surface area contributed by atoms with E-state index in [2.05, 4.69) is 6.58 Å². The molecule has 174 valence electrons. The monoisotopic (exact) mass is 481 g/mol. The Balaban J connectivity index is 1.92. The number of carbonyl (C=O) groups excluding carboxylic acids is 2. The van der Waals surface area contributed by atoms with E-state index < -0.39 is 45.5 Å². The van der Waals surface area contributed by atoms with E-state index in [4.69, 9.17) is 16.3 Å². The van der Waals surface area contributed by atoms with Crippen LogP contribution in [0.5, 0.6) is 0 Å². The Morgan fingerprint density at radius 1 is 1.31 bits per heavy atom. The van der Waals surface area contributed by atoms with Crippen LogP contribution in [0.1, 0.15) is 39.7 Å². The average molecular weight is 482 g/mol. The fourth-order valence-corrected chi connectivity index (χ4v) is 5.65. The molecule has 2 heterocycles. The van der Waals surface area contributed by atoms with Crippen molar-refractivity contribution < 1.29 is 27.9 Å². The van der Waals surface area contributed by atoms with E-state index in [1.165, 1.54) is 11.8 Å². The number of rotatable bonds is 7. The van der Waals surface area contributed by atoms with Crippen molar-refractivity contribution in [3.63, 3.8) is 0 Å². The number of aliphatic hydroxyl groups is 1. The summed E-state index contributed by atoms with van der Waals surface area (Å²) in [7, 11) is -3.79. The van der Waals surface area contributed by atoms with Gasteiger partial charge in [-0.3, -0.25) is 4.79 Å². The third-order valence-corrected chi connectivity index (χ3v) is 7.64. The van der Waals surface area contributed by atoms with Crippen LogP contribution in [0, 0.1) is 5.92 Å². The standard InChI is InChI=1S/C23H28ClNO6S/c1-13(24)11-31-22(28)20-15(10-18-19(14(2)26)21(27)25(18)20)12-32(29,30)17-8-6-16(7-9-17)23(3,4)5/h6-9,14,18-19,26H,1,10-12H2,2-5H3/t14-,18+,19+/m1/s1. The van der Waals surface area contributed by atoms with E-state index in [1.54, 1.807) is 24.3 Å². The molecule has 1 fully saturated rings. The number of hydrogen-bond acceptors (Lipinski definition) is 6. The lowest BCUT2D eigenvalue weighted by molar-refractivity contribution is -0.162. The van der Waals surface area contributed by atoms with E-state index in [-0.39, 0.29) is 39.6 Å². The Morgan fingerprint density at radius 2 is 1.91 bits per heavy atom. The lowest BCUT2D eigenvalue weighted by Crippen LogP contribution is -2.61. The summed E-state index contributed by atoms with van der Waals surface area (Å²) in [6.07, 6.45) is -0.739. The van der Waals surface area contributed by atoms with Gasteiger partial charge in [0.2, 0.25) is 5.91 Å². The maximum atomic E-state index is 13.1. The average Bonchev–Trinajstić information content (AvgIpc) is 2.98. The Morgan fingerprint density at radius 3 is 2.41 bits per heavy atom. The Bertz CT molecular complexity index is 1080. The Hall–Kier alpha value is -2.16. The minimum absolute atomic E-state index is 0.0790. The summed E-state index contributed by atoms with van der Waals surface area (Å²) in [5.41, 5.74) is 1.08. The summed E-state index contributed by atoms with van der Waals surface area (Å²) in [6, 6.07) is 6.19. The largest absolute Gasteiger partial charge is 0.455 e. The minimum Gasteiger partial charge on any atom is -0.455 e. The summed E-state index contributed by atoms with van der Waals surface area (Å²) in [6.45, 7) is 10.8.